The van der Waals surface area contributed by atoms with Crippen LogP contribution in [0.1, 0.15) is 30.7 Å². The zero-order chi connectivity index (χ0) is 11.3. The number of aryl methyl sites for hydroxylation is 1. The van der Waals surface area contributed by atoms with Crippen molar-refractivity contribution in [2.24, 2.45) is 5.73 Å². The molecule has 0 spiro atoms. The fraction of sp³-hybridized carbons (Fsp3) is 0.667. The Morgan fingerprint density at radius 2 is 2.13 bits per heavy atom. The molecular formula is C12H22N2S. The molecule has 3 N–H and O–H groups in total. The van der Waals surface area contributed by atoms with Crippen LogP contribution in [0.15, 0.2) is 11.4 Å². The highest BCUT2D eigenvalue weighted by molar-refractivity contribution is 7.10. The third kappa shape index (κ3) is 5.30. The number of nitrogens with one attached hydrogen (secondary N) is 1. The second-order valence-corrected chi connectivity index (χ2v) is 5.77. The molecule has 3 heteroatoms. The highest BCUT2D eigenvalue weighted by Gasteiger charge is 2.08. The van der Waals surface area contributed by atoms with Crippen LogP contribution < -0.4 is 11.1 Å². The van der Waals surface area contributed by atoms with E-state index in [1.54, 1.807) is 0 Å². The molecule has 0 aliphatic heterocycles. The number of thiophene rings is 1. The van der Waals surface area contributed by atoms with E-state index in [-0.39, 0.29) is 5.54 Å². The zero-order valence-electron chi connectivity index (χ0n) is 9.97. The normalized spacial score (nSPS) is 12.0. The monoisotopic (exact) mass is 226 g/mol. The molecule has 0 saturated carbocycles. The highest BCUT2D eigenvalue weighted by atomic mass is 32.1. The van der Waals surface area contributed by atoms with Crippen molar-refractivity contribution < 1.29 is 0 Å². The summed E-state index contributed by atoms with van der Waals surface area (Å²) in [7, 11) is 0. The van der Waals surface area contributed by atoms with Gasteiger partial charge in [0.05, 0.1) is 0 Å². The van der Waals surface area contributed by atoms with Crippen LogP contribution in [0.3, 0.4) is 0 Å². The van der Waals surface area contributed by atoms with Gasteiger partial charge in [-0.1, -0.05) is 0 Å². The number of rotatable bonds is 6. The third-order valence-corrected chi connectivity index (χ3v) is 3.53. The van der Waals surface area contributed by atoms with Crippen molar-refractivity contribution in [3.63, 3.8) is 0 Å². The Morgan fingerprint density at radius 1 is 1.40 bits per heavy atom. The van der Waals surface area contributed by atoms with Crippen LogP contribution in [0, 0.1) is 6.92 Å². The first kappa shape index (κ1) is 12.7. The van der Waals surface area contributed by atoms with E-state index in [1.807, 2.05) is 11.3 Å². The fourth-order valence-corrected chi connectivity index (χ4v) is 2.31. The van der Waals surface area contributed by atoms with Gasteiger partial charge in [-0.25, -0.2) is 0 Å². The molecule has 0 amide bonds. The van der Waals surface area contributed by atoms with E-state index in [1.165, 1.54) is 10.4 Å². The predicted octanol–water partition coefficient (Wildman–Crippen LogP) is 2.32. The minimum absolute atomic E-state index is 0.0498. The molecule has 1 aromatic heterocycles. The summed E-state index contributed by atoms with van der Waals surface area (Å²) in [6.07, 6.45) is 2.16. The summed E-state index contributed by atoms with van der Waals surface area (Å²) in [4.78, 5) is 1.49. The van der Waals surface area contributed by atoms with Gasteiger partial charge in [0.25, 0.3) is 0 Å². The van der Waals surface area contributed by atoms with Crippen LogP contribution in [0.2, 0.25) is 0 Å². The summed E-state index contributed by atoms with van der Waals surface area (Å²) in [5, 5.41) is 5.59. The quantitative estimate of drug-likeness (QED) is 0.731. The first-order valence-corrected chi connectivity index (χ1v) is 6.39. The van der Waals surface area contributed by atoms with Gasteiger partial charge in [0.2, 0.25) is 0 Å². The summed E-state index contributed by atoms with van der Waals surface area (Å²) in [6, 6.07) is 2.18. The second kappa shape index (κ2) is 5.64. The third-order valence-electron chi connectivity index (χ3n) is 2.44. The maximum Gasteiger partial charge on any atom is 0.0109 e. The summed E-state index contributed by atoms with van der Waals surface area (Å²) in [6.45, 7) is 8.37. The van der Waals surface area contributed by atoms with Crippen LogP contribution in [0.5, 0.6) is 0 Å². The molecule has 0 fully saturated rings. The second-order valence-electron chi connectivity index (χ2n) is 4.77. The maximum atomic E-state index is 5.90. The lowest BCUT2D eigenvalue weighted by molar-refractivity contribution is 0.456. The van der Waals surface area contributed by atoms with E-state index in [9.17, 15) is 0 Å². The lowest BCUT2D eigenvalue weighted by Crippen LogP contribution is -2.36. The smallest absolute Gasteiger partial charge is 0.0109 e. The Hall–Kier alpha value is -0.380. The largest absolute Gasteiger partial charge is 0.326 e. The molecule has 1 rings (SSSR count). The van der Waals surface area contributed by atoms with Crippen LogP contribution in [-0.2, 0) is 6.42 Å². The van der Waals surface area contributed by atoms with Gasteiger partial charge in [-0.3, -0.25) is 0 Å². The van der Waals surface area contributed by atoms with Gasteiger partial charge < -0.3 is 11.1 Å². The molecule has 0 unspecified atom stereocenters. The molecule has 0 aliphatic rings. The van der Waals surface area contributed by atoms with Crippen LogP contribution >= 0.6 is 11.3 Å². The van der Waals surface area contributed by atoms with Crippen molar-refractivity contribution in [3.8, 4) is 0 Å². The predicted molar refractivity (Wildman–Crippen MR) is 68.5 cm³/mol. The topological polar surface area (TPSA) is 38.0 Å². The van der Waals surface area contributed by atoms with Gasteiger partial charge >= 0.3 is 0 Å². The molecular weight excluding hydrogens is 204 g/mol. The first-order chi connectivity index (χ1) is 6.99. The molecule has 15 heavy (non-hydrogen) atoms. The number of hydrogen-bond donors (Lipinski definition) is 2. The molecule has 2 nitrogen and oxygen atoms in total. The van der Waals surface area contributed by atoms with E-state index >= 15 is 0 Å². The summed E-state index contributed by atoms with van der Waals surface area (Å²) in [5.41, 5.74) is 7.27. The SMILES string of the molecule is Cc1ccsc1CCNCCC(C)(C)N. The van der Waals surface area contributed by atoms with Crippen molar-refractivity contribution in [2.75, 3.05) is 13.1 Å². The van der Waals surface area contributed by atoms with Gasteiger partial charge in [-0.2, -0.15) is 0 Å². The standard InChI is InChI=1S/C12H22N2S/c1-10-5-9-15-11(10)4-7-14-8-6-12(2,3)13/h5,9,14H,4,6-8,13H2,1-3H3. The van der Waals surface area contributed by atoms with Gasteiger partial charge in [0, 0.05) is 10.4 Å². The lowest BCUT2D eigenvalue weighted by Gasteiger charge is -2.18. The van der Waals surface area contributed by atoms with Gasteiger partial charge in [0.15, 0.2) is 0 Å². The molecule has 1 heterocycles. The lowest BCUT2D eigenvalue weighted by atomic mass is 10.0. The van der Waals surface area contributed by atoms with E-state index < -0.39 is 0 Å². The summed E-state index contributed by atoms with van der Waals surface area (Å²) in [5.74, 6) is 0. The van der Waals surface area contributed by atoms with Gasteiger partial charge in [-0.15, -0.1) is 11.3 Å². The molecule has 0 radical (unpaired) electrons. The van der Waals surface area contributed by atoms with Crippen molar-refractivity contribution >= 4 is 11.3 Å². The average molecular weight is 226 g/mol. The number of hydrogen-bond acceptors (Lipinski definition) is 3. The fourth-order valence-electron chi connectivity index (χ4n) is 1.40. The Balaban J connectivity index is 2.10. The summed E-state index contributed by atoms with van der Waals surface area (Å²) < 4.78 is 0. The van der Waals surface area contributed by atoms with Crippen molar-refractivity contribution in [1.82, 2.24) is 5.32 Å². The molecule has 0 atom stereocenters. The van der Waals surface area contributed by atoms with Gasteiger partial charge in [-0.05, 0) is 63.7 Å². The highest BCUT2D eigenvalue weighted by Crippen LogP contribution is 2.15. The zero-order valence-corrected chi connectivity index (χ0v) is 10.8. The Morgan fingerprint density at radius 3 is 2.67 bits per heavy atom. The molecule has 0 aliphatic carbocycles. The molecule has 0 bridgehead atoms. The maximum absolute atomic E-state index is 5.90. The van der Waals surface area contributed by atoms with Crippen molar-refractivity contribution in [2.45, 2.75) is 39.2 Å². The minimum atomic E-state index is -0.0498. The van der Waals surface area contributed by atoms with Crippen LogP contribution in [0.25, 0.3) is 0 Å². The first-order valence-electron chi connectivity index (χ1n) is 5.51. The molecule has 86 valence electrons. The van der Waals surface area contributed by atoms with E-state index in [2.05, 4.69) is 37.5 Å². The molecule has 0 aromatic carbocycles. The Labute approximate surface area is 96.9 Å². The van der Waals surface area contributed by atoms with E-state index in [0.29, 0.717) is 0 Å². The van der Waals surface area contributed by atoms with Crippen LogP contribution in [0.4, 0.5) is 0 Å². The van der Waals surface area contributed by atoms with E-state index in [4.69, 9.17) is 5.73 Å². The van der Waals surface area contributed by atoms with Gasteiger partial charge in [0.1, 0.15) is 0 Å². The van der Waals surface area contributed by atoms with Crippen LogP contribution in [-0.4, -0.2) is 18.6 Å². The van der Waals surface area contributed by atoms with E-state index in [0.717, 1.165) is 25.9 Å². The number of nitrogens with two attached hydrogens (primary N) is 1. The molecule has 0 saturated heterocycles. The van der Waals surface area contributed by atoms with Crippen molar-refractivity contribution in [3.05, 3.63) is 21.9 Å². The molecule has 1 aromatic rings. The summed E-state index contributed by atoms with van der Waals surface area (Å²) >= 11 is 1.85. The Bertz CT molecular complexity index is 286. The minimum Gasteiger partial charge on any atom is -0.326 e. The Kier molecular flexibility index (Phi) is 4.77. The average Bonchev–Trinajstić information content (AvgIpc) is 2.49. The van der Waals surface area contributed by atoms with Crippen molar-refractivity contribution in [1.29, 1.82) is 0 Å².